The van der Waals surface area contributed by atoms with Crippen LogP contribution in [-0.2, 0) is 47.4 Å². The van der Waals surface area contributed by atoms with E-state index >= 15 is 0 Å². The Balaban J connectivity index is 0.000000283. The lowest BCUT2D eigenvalue weighted by atomic mass is 9.94. The van der Waals surface area contributed by atoms with Crippen LogP contribution in [0.4, 0.5) is 0 Å². The molecule has 0 amide bonds. The Kier molecular flexibility index (Phi) is 18.2. The van der Waals surface area contributed by atoms with Crippen LogP contribution in [0.15, 0.2) is 0 Å². The Hall–Kier alpha value is -1.25. The summed E-state index contributed by atoms with van der Waals surface area (Å²) in [4.78, 5) is 11.4. The van der Waals surface area contributed by atoms with Gasteiger partial charge in [-0.1, -0.05) is 0 Å². The van der Waals surface area contributed by atoms with Crippen molar-refractivity contribution >= 4 is 5.97 Å². The van der Waals surface area contributed by atoms with E-state index in [1.807, 2.05) is 0 Å². The van der Waals surface area contributed by atoms with Gasteiger partial charge in [0.25, 0.3) is 0 Å². The van der Waals surface area contributed by atoms with Gasteiger partial charge in [-0.15, -0.1) is 0 Å². The fraction of sp³-hybridized carbons (Fsp3) is 0.967. The summed E-state index contributed by atoms with van der Waals surface area (Å²) in [6, 6.07) is 0. The van der Waals surface area contributed by atoms with E-state index in [1.54, 1.807) is 13.8 Å². The average Bonchev–Trinajstić information content (AvgIpc) is 3.08. The van der Waals surface area contributed by atoms with Crippen LogP contribution < -0.4 is 0 Å². The molecule has 50 heavy (non-hydrogen) atoms. The highest BCUT2D eigenvalue weighted by atomic mass is 16.7. The number of carboxylic acid groups (broad SMARTS) is 1. The third kappa shape index (κ3) is 10.5. The van der Waals surface area contributed by atoms with Gasteiger partial charge in [0.2, 0.25) is 0 Å². The zero-order valence-electron chi connectivity index (χ0n) is 29.3. The standard InChI is InChI=1S/C14H24O10.2C8H16O5/c1-4-6(15)8(17)9(18)14(23-4)24-11-10(21-3)7(16)5(2)22-12(11)13(19)20;1-4-5(9)6(10)7(11-2)8(12-3)13-4;1-4-6(10)8(12-2)7(11)5(3-9)13-4/h4-12,14-18H,1-3H3,(H,19,20);4-10H,1-3H3;4-11H,3H2,1-2H3/t4?,5-,6?,7?,8?,9?,10?,11?,12?,14?;;4-,5?,6?,7?,8?/m1.1/s1. The van der Waals surface area contributed by atoms with Crippen LogP contribution in [0.1, 0.15) is 27.7 Å². The number of aliphatic carboxylic acids is 1. The zero-order valence-corrected chi connectivity index (χ0v) is 29.3. The molecule has 4 aliphatic rings. The first-order valence-electron chi connectivity index (χ1n) is 16.1. The molecule has 0 radical (unpaired) electrons. The Bertz CT molecular complexity index is 985. The predicted octanol–water partition coefficient (Wildman–Crippen LogP) is -4.94. The quantitative estimate of drug-likeness (QED) is 0.112. The predicted molar refractivity (Wildman–Crippen MR) is 164 cm³/mol. The highest BCUT2D eigenvalue weighted by Crippen LogP contribution is 2.30. The van der Waals surface area contributed by atoms with Gasteiger partial charge in [-0.25, -0.2) is 4.79 Å². The highest BCUT2D eigenvalue weighted by molar-refractivity contribution is 5.73. The molecule has 4 fully saturated rings. The first-order valence-corrected chi connectivity index (χ1v) is 16.1. The van der Waals surface area contributed by atoms with Crippen LogP contribution >= 0.6 is 0 Å². The number of aliphatic hydroxyl groups excluding tert-OH is 9. The van der Waals surface area contributed by atoms with Gasteiger partial charge in [0, 0.05) is 28.4 Å². The van der Waals surface area contributed by atoms with Crippen molar-refractivity contribution in [2.45, 2.75) is 150 Å². The van der Waals surface area contributed by atoms with Crippen LogP contribution in [-0.4, -0.2) is 215 Å². The lowest BCUT2D eigenvalue weighted by Gasteiger charge is -2.45. The van der Waals surface area contributed by atoms with Crippen molar-refractivity contribution in [2.24, 2.45) is 0 Å². The lowest BCUT2D eigenvalue weighted by Crippen LogP contribution is -2.64. The van der Waals surface area contributed by atoms with Crippen molar-refractivity contribution in [2.75, 3.05) is 35.0 Å². The molecule has 4 saturated heterocycles. The Labute approximate surface area is 289 Å². The molecule has 4 rings (SSSR count). The minimum Gasteiger partial charge on any atom is -0.479 e. The minimum absolute atomic E-state index is 0.280. The summed E-state index contributed by atoms with van der Waals surface area (Å²) in [6.07, 6.45) is -19.8. The molecule has 20 heteroatoms. The van der Waals surface area contributed by atoms with Crippen LogP contribution in [0.3, 0.4) is 0 Å². The van der Waals surface area contributed by atoms with Crippen LogP contribution in [0.25, 0.3) is 0 Å². The smallest absolute Gasteiger partial charge is 0.335 e. The van der Waals surface area contributed by atoms with Crippen molar-refractivity contribution in [1.29, 1.82) is 0 Å². The van der Waals surface area contributed by atoms with E-state index in [9.17, 15) is 50.8 Å². The molecular formula is C30H56O20. The maximum absolute atomic E-state index is 11.4. The molecule has 0 spiro atoms. The van der Waals surface area contributed by atoms with Gasteiger partial charge in [-0.05, 0) is 27.7 Å². The molecule has 0 aromatic carbocycles. The minimum atomic E-state index is -1.61. The molecule has 0 aromatic rings. The molecule has 0 aliphatic carbocycles. The van der Waals surface area contributed by atoms with E-state index in [0.717, 1.165) is 0 Å². The molecule has 4 aliphatic heterocycles. The van der Waals surface area contributed by atoms with Crippen molar-refractivity contribution in [3.05, 3.63) is 0 Å². The molecule has 0 saturated carbocycles. The molecule has 20 nitrogen and oxygen atoms in total. The van der Waals surface area contributed by atoms with Crippen molar-refractivity contribution in [1.82, 2.24) is 0 Å². The first-order chi connectivity index (χ1) is 23.4. The summed E-state index contributed by atoms with van der Waals surface area (Å²) in [5.74, 6) is -1.33. The van der Waals surface area contributed by atoms with Gasteiger partial charge in [0.1, 0.15) is 79.4 Å². The summed E-state index contributed by atoms with van der Waals surface area (Å²) >= 11 is 0. The van der Waals surface area contributed by atoms with Crippen molar-refractivity contribution in [3.63, 3.8) is 0 Å². The Morgan fingerprint density at radius 2 is 0.960 bits per heavy atom. The monoisotopic (exact) mass is 736 g/mol. The summed E-state index contributed by atoms with van der Waals surface area (Å²) in [7, 11) is 5.59. The lowest BCUT2D eigenvalue weighted by molar-refractivity contribution is -0.334. The number of aliphatic hydroxyl groups is 9. The van der Waals surface area contributed by atoms with E-state index < -0.39 is 128 Å². The number of carbonyl (C=O) groups is 1. The van der Waals surface area contributed by atoms with Crippen molar-refractivity contribution in [3.8, 4) is 0 Å². The number of carboxylic acids is 1. The molecule has 4 heterocycles. The number of hydrogen-bond donors (Lipinski definition) is 10. The summed E-state index contributed by atoms with van der Waals surface area (Å²) in [5.41, 5.74) is 0. The summed E-state index contributed by atoms with van der Waals surface area (Å²) < 4.78 is 46.5. The molecule has 10 N–H and O–H groups in total. The summed E-state index contributed by atoms with van der Waals surface area (Å²) in [6.45, 7) is 6.03. The molecule has 0 aromatic heterocycles. The third-order valence-corrected chi connectivity index (χ3v) is 9.08. The van der Waals surface area contributed by atoms with E-state index in [4.69, 9.17) is 47.7 Å². The fourth-order valence-electron chi connectivity index (χ4n) is 5.91. The van der Waals surface area contributed by atoms with Crippen LogP contribution in [0.2, 0.25) is 0 Å². The van der Waals surface area contributed by atoms with Crippen molar-refractivity contribution < 1.29 is 98.5 Å². The average molecular weight is 737 g/mol. The van der Waals surface area contributed by atoms with Gasteiger partial charge in [-0.2, -0.15) is 0 Å². The van der Waals surface area contributed by atoms with E-state index in [-0.39, 0.29) is 6.61 Å². The largest absolute Gasteiger partial charge is 0.479 e. The molecule has 296 valence electrons. The number of methoxy groups -OCH3 is 4. The molecule has 0 bridgehead atoms. The fourth-order valence-corrected chi connectivity index (χ4v) is 5.91. The summed E-state index contributed by atoms with van der Waals surface area (Å²) in [5, 5.41) is 95.9. The van der Waals surface area contributed by atoms with Gasteiger partial charge in [-0.3, -0.25) is 0 Å². The number of ether oxygens (including phenoxy) is 9. The number of hydrogen-bond acceptors (Lipinski definition) is 19. The van der Waals surface area contributed by atoms with Gasteiger partial charge in [0.05, 0.1) is 31.0 Å². The molecular weight excluding hydrogens is 680 g/mol. The molecule has 20 atom stereocenters. The normalized spacial score (nSPS) is 48.0. The Morgan fingerprint density at radius 1 is 0.500 bits per heavy atom. The van der Waals surface area contributed by atoms with Gasteiger partial charge >= 0.3 is 5.97 Å². The maximum Gasteiger partial charge on any atom is 0.335 e. The van der Waals surface area contributed by atoms with Crippen LogP contribution in [0.5, 0.6) is 0 Å². The zero-order chi connectivity index (χ0) is 38.2. The third-order valence-electron chi connectivity index (χ3n) is 9.08. The first kappa shape index (κ1) is 44.9. The van der Waals surface area contributed by atoms with Crippen LogP contribution in [0, 0.1) is 0 Å². The topological polar surface area (TPSA) is 302 Å². The number of rotatable bonds is 8. The second-order valence-corrected chi connectivity index (χ2v) is 12.4. The van der Waals surface area contributed by atoms with Gasteiger partial charge < -0.3 is 93.7 Å². The van der Waals surface area contributed by atoms with E-state index in [0.29, 0.717) is 0 Å². The highest BCUT2D eigenvalue weighted by Gasteiger charge is 2.52. The second-order valence-electron chi connectivity index (χ2n) is 12.4. The SMILES string of the molecule is COC1C(O)C(CO)O[C@H](C)C1O.COC1C(OC2OC(C)C(O)C(O)C2O)C(C(=O)O)O[C@H](C)C1O.COC1OC(C)C(O)C(O)C1OC. The van der Waals surface area contributed by atoms with E-state index in [1.165, 1.54) is 42.3 Å². The maximum atomic E-state index is 11.4. The Morgan fingerprint density at radius 3 is 1.44 bits per heavy atom. The second kappa shape index (κ2) is 20.3. The molecule has 18 unspecified atom stereocenters. The van der Waals surface area contributed by atoms with Gasteiger partial charge in [0.15, 0.2) is 18.7 Å². The van der Waals surface area contributed by atoms with E-state index in [2.05, 4.69) is 0 Å².